The van der Waals surface area contributed by atoms with Crippen LogP contribution in [0.5, 0.6) is 0 Å². The average Bonchev–Trinajstić information content (AvgIpc) is 2.60. The van der Waals surface area contributed by atoms with Gasteiger partial charge in [0.25, 0.3) is 0 Å². The summed E-state index contributed by atoms with van der Waals surface area (Å²) in [6.07, 6.45) is 1.64. The molecule has 0 aromatic carbocycles. The van der Waals surface area contributed by atoms with Crippen molar-refractivity contribution in [2.24, 2.45) is 5.92 Å². The van der Waals surface area contributed by atoms with Crippen molar-refractivity contribution in [1.82, 2.24) is 15.1 Å². The largest absolute Gasteiger partial charge is 0.396 e. The van der Waals surface area contributed by atoms with Crippen molar-refractivity contribution in [2.75, 3.05) is 18.9 Å². The zero-order valence-electron chi connectivity index (χ0n) is 8.68. The molecule has 0 saturated heterocycles. The van der Waals surface area contributed by atoms with Gasteiger partial charge in [-0.15, -0.1) is 0 Å². The van der Waals surface area contributed by atoms with Crippen LogP contribution in [-0.2, 0) is 11.3 Å². The van der Waals surface area contributed by atoms with Crippen molar-refractivity contribution in [3.63, 3.8) is 0 Å². The first-order valence-electron chi connectivity index (χ1n) is 4.78. The Morgan fingerprint density at radius 2 is 2.53 bits per heavy atom. The smallest absolute Gasteiger partial charge is 0.241 e. The maximum atomic E-state index is 11.3. The summed E-state index contributed by atoms with van der Waals surface area (Å²) in [5.41, 5.74) is 5.40. The van der Waals surface area contributed by atoms with Gasteiger partial charge in [0.1, 0.15) is 12.4 Å². The fourth-order valence-electron chi connectivity index (χ4n) is 1.02. The lowest BCUT2D eigenvalue weighted by Gasteiger charge is -2.09. The fourth-order valence-corrected chi connectivity index (χ4v) is 1.02. The summed E-state index contributed by atoms with van der Waals surface area (Å²) in [5.74, 6) is 0.321. The van der Waals surface area contributed by atoms with Gasteiger partial charge >= 0.3 is 0 Å². The summed E-state index contributed by atoms with van der Waals surface area (Å²) in [4.78, 5) is 11.3. The van der Waals surface area contributed by atoms with E-state index in [1.807, 2.05) is 6.92 Å². The Balaban J connectivity index is 2.30. The van der Waals surface area contributed by atoms with Gasteiger partial charge in [0.15, 0.2) is 0 Å². The van der Waals surface area contributed by atoms with Gasteiger partial charge in [0, 0.05) is 19.3 Å². The van der Waals surface area contributed by atoms with E-state index in [2.05, 4.69) is 10.4 Å². The Hall–Kier alpha value is -1.56. The summed E-state index contributed by atoms with van der Waals surface area (Å²) in [7, 11) is 0. The molecule has 0 aliphatic rings. The van der Waals surface area contributed by atoms with Gasteiger partial charge in [0.2, 0.25) is 5.91 Å². The molecule has 1 atom stereocenters. The van der Waals surface area contributed by atoms with Crippen LogP contribution in [0.1, 0.15) is 6.92 Å². The van der Waals surface area contributed by atoms with Crippen LogP contribution in [0.25, 0.3) is 0 Å². The van der Waals surface area contributed by atoms with E-state index in [0.717, 1.165) is 0 Å². The number of hydrogen-bond acceptors (Lipinski definition) is 4. The van der Waals surface area contributed by atoms with E-state index in [1.54, 1.807) is 12.3 Å². The quantitative estimate of drug-likeness (QED) is 0.596. The fraction of sp³-hybridized carbons (Fsp3) is 0.556. The molecule has 0 bridgehead atoms. The minimum atomic E-state index is -0.140. The number of hydrogen-bond donors (Lipinski definition) is 3. The van der Waals surface area contributed by atoms with E-state index in [1.165, 1.54) is 4.68 Å². The molecule has 84 valence electrons. The molecular weight excluding hydrogens is 196 g/mol. The van der Waals surface area contributed by atoms with Gasteiger partial charge in [-0.2, -0.15) is 5.10 Å². The molecule has 1 unspecified atom stereocenters. The van der Waals surface area contributed by atoms with Gasteiger partial charge in [0.05, 0.1) is 0 Å². The second-order valence-corrected chi connectivity index (χ2v) is 3.53. The monoisotopic (exact) mass is 212 g/mol. The second-order valence-electron chi connectivity index (χ2n) is 3.53. The molecule has 0 aliphatic carbocycles. The standard InChI is InChI=1S/C9H16N4O2/c1-7(6-14)4-11-9(15)5-13-3-2-8(10)12-13/h2-3,7,14H,4-6H2,1H3,(H2,10,12)(H,11,15). The first-order valence-corrected chi connectivity index (χ1v) is 4.78. The van der Waals surface area contributed by atoms with Crippen LogP contribution in [0.3, 0.4) is 0 Å². The van der Waals surface area contributed by atoms with Crippen LogP contribution in [0, 0.1) is 5.92 Å². The van der Waals surface area contributed by atoms with E-state index in [-0.39, 0.29) is 25.0 Å². The summed E-state index contributed by atoms with van der Waals surface area (Å²) < 4.78 is 1.47. The number of aliphatic hydroxyl groups is 1. The number of nitrogens with zero attached hydrogens (tertiary/aromatic N) is 2. The van der Waals surface area contributed by atoms with Crippen LogP contribution in [0.4, 0.5) is 5.82 Å². The Morgan fingerprint density at radius 3 is 3.07 bits per heavy atom. The molecule has 1 aromatic heterocycles. The van der Waals surface area contributed by atoms with Crippen LogP contribution >= 0.6 is 0 Å². The molecule has 4 N–H and O–H groups in total. The highest BCUT2D eigenvalue weighted by molar-refractivity contribution is 5.75. The zero-order chi connectivity index (χ0) is 11.3. The number of nitrogens with two attached hydrogens (primary N) is 1. The maximum absolute atomic E-state index is 11.3. The number of carbonyl (C=O) groups is 1. The number of amides is 1. The molecule has 0 spiro atoms. The minimum absolute atomic E-state index is 0.0645. The van der Waals surface area contributed by atoms with Crippen molar-refractivity contribution in [2.45, 2.75) is 13.5 Å². The molecule has 6 heteroatoms. The number of rotatable bonds is 5. The molecule has 15 heavy (non-hydrogen) atoms. The molecule has 1 amide bonds. The lowest BCUT2D eigenvalue weighted by atomic mass is 10.2. The van der Waals surface area contributed by atoms with E-state index in [4.69, 9.17) is 10.8 Å². The van der Waals surface area contributed by atoms with Crippen molar-refractivity contribution in [1.29, 1.82) is 0 Å². The summed E-state index contributed by atoms with van der Waals surface area (Å²) >= 11 is 0. The van der Waals surface area contributed by atoms with E-state index in [0.29, 0.717) is 12.4 Å². The van der Waals surface area contributed by atoms with E-state index in [9.17, 15) is 4.79 Å². The molecule has 0 saturated carbocycles. The van der Waals surface area contributed by atoms with Crippen LogP contribution in [-0.4, -0.2) is 33.9 Å². The third kappa shape index (κ3) is 3.99. The molecule has 0 aliphatic heterocycles. The molecule has 0 fully saturated rings. The van der Waals surface area contributed by atoms with Crippen LogP contribution in [0.15, 0.2) is 12.3 Å². The molecule has 1 rings (SSSR count). The lowest BCUT2D eigenvalue weighted by molar-refractivity contribution is -0.122. The summed E-state index contributed by atoms with van der Waals surface area (Å²) in [6.45, 7) is 2.53. The third-order valence-corrected chi connectivity index (χ3v) is 1.93. The molecule has 1 heterocycles. The molecule has 0 radical (unpaired) electrons. The third-order valence-electron chi connectivity index (χ3n) is 1.93. The van der Waals surface area contributed by atoms with E-state index >= 15 is 0 Å². The predicted molar refractivity (Wildman–Crippen MR) is 55.9 cm³/mol. The van der Waals surface area contributed by atoms with Crippen molar-refractivity contribution in [3.05, 3.63) is 12.3 Å². The highest BCUT2D eigenvalue weighted by Crippen LogP contribution is 1.95. The Kier molecular flexibility index (Phi) is 4.11. The molecule has 6 nitrogen and oxygen atoms in total. The van der Waals surface area contributed by atoms with Crippen molar-refractivity contribution < 1.29 is 9.90 Å². The van der Waals surface area contributed by atoms with Gasteiger partial charge < -0.3 is 16.2 Å². The highest BCUT2D eigenvalue weighted by Gasteiger charge is 2.05. The average molecular weight is 212 g/mol. The molecule has 1 aromatic rings. The number of anilines is 1. The van der Waals surface area contributed by atoms with Gasteiger partial charge in [-0.25, -0.2) is 0 Å². The number of aliphatic hydroxyl groups excluding tert-OH is 1. The number of carbonyl (C=O) groups excluding carboxylic acids is 1. The Bertz CT molecular complexity index is 324. The minimum Gasteiger partial charge on any atom is -0.396 e. The van der Waals surface area contributed by atoms with Crippen LogP contribution in [0.2, 0.25) is 0 Å². The highest BCUT2D eigenvalue weighted by atomic mass is 16.3. The number of aromatic nitrogens is 2. The first kappa shape index (κ1) is 11.5. The predicted octanol–water partition coefficient (Wildman–Crippen LogP) is -0.790. The summed E-state index contributed by atoms with van der Waals surface area (Å²) in [6, 6.07) is 1.63. The first-order chi connectivity index (χ1) is 7.11. The Labute approximate surface area is 88.1 Å². The van der Waals surface area contributed by atoms with E-state index < -0.39 is 0 Å². The summed E-state index contributed by atoms with van der Waals surface area (Å²) in [5, 5.41) is 15.3. The van der Waals surface area contributed by atoms with Gasteiger partial charge in [-0.05, 0) is 12.0 Å². The lowest BCUT2D eigenvalue weighted by Crippen LogP contribution is -2.32. The van der Waals surface area contributed by atoms with Gasteiger partial charge in [-0.1, -0.05) is 6.92 Å². The number of nitrogens with one attached hydrogen (secondary N) is 1. The number of nitrogen functional groups attached to an aromatic ring is 1. The topological polar surface area (TPSA) is 93.2 Å². The SMILES string of the molecule is CC(CO)CNC(=O)Cn1ccc(N)n1. The van der Waals surface area contributed by atoms with Crippen molar-refractivity contribution >= 4 is 11.7 Å². The second kappa shape index (κ2) is 5.35. The normalized spacial score (nSPS) is 12.4. The van der Waals surface area contributed by atoms with Crippen molar-refractivity contribution in [3.8, 4) is 0 Å². The Morgan fingerprint density at radius 1 is 1.80 bits per heavy atom. The van der Waals surface area contributed by atoms with Crippen LogP contribution < -0.4 is 11.1 Å². The molecular formula is C9H16N4O2. The van der Waals surface area contributed by atoms with Gasteiger partial charge in [-0.3, -0.25) is 9.48 Å². The zero-order valence-corrected chi connectivity index (χ0v) is 8.68. The maximum Gasteiger partial charge on any atom is 0.241 e.